The summed E-state index contributed by atoms with van der Waals surface area (Å²) in [7, 11) is -3.87. The fraction of sp³-hybridized carbons (Fsp3) is 0. The first kappa shape index (κ1) is 13.1. The average molecular weight is 281 g/mol. The third-order valence-electron chi connectivity index (χ3n) is 2.41. The van der Waals surface area contributed by atoms with Gasteiger partial charge in [-0.15, -0.1) is 0 Å². The van der Waals surface area contributed by atoms with E-state index >= 15 is 0 Å². The van der Waals surface area contributed by atoms with Crippen LogP contribution in [0.4, 0.5) is 5.69 Å². The summed E-state index contributed by atoms with van der Waals surface area (Å²) in [5, 5.41) is 8.92. The first-order valence-corrected chi connectivity index (χ1v) is 6.62. The lowest BCUT2D eigenvalue weighted by atomic mass is 10.3. The molecule has 0 saturated heterocycles. The molecule has 1 aromatic heterocycles. The number of rotatable bonds is 3. The highest BCUT2D eigenvalue weighted by molar-refractivity contribution is 7.89. The van der Waals surface area contributed by atoms with E-state index < -0.39 is 15.9 Å². The lowest BCUT2D eigenvalue weighted by molar-refractivity contribution is 0.0995. The first-order chi connectivity index (χ1) is 8.79. The maximum absolute atomic E-state index is 11.2. The number of carbonyl (C=O) groups is 1. The van der Waals surface area contributed by atoms with Gasteiger partial charge in [-0.1, -0.05) is 0 Å². The summed E-state index contributed by atoms with van der Waals surface area (Å²) in [6.45, 7) is 0. The molecule has 0 unspecified atom stereocenters. The van der Waals surface area contributed by atoms with Crippen LogP contribution in [0.25, 0.3) is 5.69 Å². The molecule has 8 nitrogen and oxygen atoms in total. The van der Waals surface area contributed by atoms with Crippen molar-refractivity contribution in [2.45, 2.75) is 4.90 Å². The van der Waals surface area contributed by atoms with Gasteiger partial charge in [0, 0.05) is 6.20 Å². The maximum atomic E-state index is 11.2. The van der Waals surface area contributed by atoms with Crippen LogP contribution in [0.3, 0.4) is 0 Å². The lowest BCUT2D eigenvalue weighted by Crippen LogP contribution is -2.15. The molecule has 1 heterocycles. The Kier molecular flexibility index (Phi) is 3.00. The van der Waals surface area contributed by atoms with E-state index in [0.717, 1.165) is 0 Å². The molecular formula is C10H11N5O3S. The first-order valence-electron chi connectivity index (χ1n) is 5.07. The Hall–Kier alpha value is -2.39. The van der Waals surface area contributed by atoms with Gasteiger partial charge in [-0.25, -0.2) is 18.2 Å². The minimum Gasteiger partial charge on any atom is -0.398 e. The van der Waals surface area contributed by atoms with E-state index in [4.69, 9.17) is 16.6 Å². The Morgan fingerprint density at radius 1 is 1.26 bits per heavy atom. The van der Waals surface area contributed by atoms with Crippen molar-refractivity contribution in [1.29, 1.82) is 0 Å². The largest absolute Gasteiger partial charge is 0.398 e. The van der Waals surface area contributed by atoms with Crippen molar-refractivity contribution in [1.82, 2.24) is 9.78 Å². The molecule has 19 heavy (non-hydrogen) atoms. The van der Waals surface area contributed by atoms with E-state index in [0.29, 0.717) is 5.69 Å². The van der Waals surface area contributed by atoms with Gasteiger partial charge in [-0.3, -0.25) is 4.79 Å². The van der Waals surface area contributed by atoms with Gasteiger partial charge in [0.2, 0.25) is 10.0 Å². The Bertz CT molecular complexity index is 750. The number of anilines is 1. The SMILES string of the molecule is NC(=O)c1ccn(-c2ccc(S(N)(=O)=O)c(N)c2)n1. The average Bonchev–Trinajstić information content (AvgIpc) is 2.76. The quantitative estimate of drug-likeness (QED) is 0.630. The molecule has 0 atom stereocenters. The number of sulfonamides is 1. The highest BCUT2D eigenvalue weighted by atomic mass is 32.2. The summed E-state index contributed by atoms with van der Waals surface area (Å²) in [4.78, 5) is 10.8. The molecule has 6 N–H and O–H groups in total. The topological polar surface area (TPSA) is 147 Å². The molecule has 0 spiro atoms. The number of aromatic nitrogens is 2. The van der Waals surface area contributed by atoms with Gasteiger partial charge < -0.3 is 11.5 Å². The summed E-state index contributed by atoms with van der Waals surface area (Å²) >= 11 is 0. The molecule has 0 aliphatic rings. The van der Waals surface area contributed by atoms with Crippen molar-refractivity contribution < 1.29 is 13.2 Å². The molecule has 0 radical (unpaired) electrons. The van der Waals surface area contributed by atoms with Crippen LogP contribution in [-0.2, 0) is 10.0 Å². The van der Waals surface area contributed by atoms with Crippen molar-refractivity contribution in [3.05, 3.63) is 36.2 Å². The lowest BCUT2D eigenvalue weighted by Gasteiger charge is -2.06. The Morgan fingerprint density at radius 2 is 1.95 bits per heavy atom. The number of primary amides is 1. The highest BCUT2D eigenvalue weighted by Gasteiger charge is 2.13. The molecule has 0 fully saturated rings. The maximum Gasteiger partial charge on any atom is 0.269 e. The Balaban J connectivity index is 2.47. The van der Waals surface area contributed by atoms with Crippen LogP contribution in [0.5, 0.6) is 0 Å². The van der Waals surface area contributed by atoms with E-state index in [1.807, 2.05) is 0 Å². The number of nitrogen functional groups attached to an aromatic ring is 1. The molecule has 0 aliphatic heterocycles. The van der Waals surface area contributed by atoms with Crippen LogP contribution in [0.15, 0.2) is 35.4 Å². The summed E-state index contributed by atoms with van der Waals surface area (Å²) in [6, 6.07) is 5.56. The molecule has 2 rings (SSSR count). The monoisotopic (exact) mass is 281 g/mol. The summed E-state index contributed by atoms with van der Waals surface area (Å²) in [5.74, 6) is -0.659. The second kappa shape index (κ2) is 4.37. The number of primary sulfonamides is 1. The number of hydrogen-bond acceptors (Lipinski definition) is 5. The van der Waals surface area contributed by atoms with Crippen LogP contribution in [-0.4, -0.2) is 24.1 Å². The van der Waals surface area contributed by atoms with E-state index in [1.165, 1.54) is 35.1 Å². The zero-order valence-corrected chi connectivity index (χ0v) is 10.5. The van der Waals surface area contributed by atoms with Crippen molar-refractivity contribution in [3.8, 4) is 5.69 Å². The van der Waals surface area contributed by atoms with Gasteiger partial charge in [0.15, 0.2) is 0 Å². The summed E-state index contributed by atoms with van der Waals surface area (Å²) in [5.41, 5.74) is 11.3. The number of hydrogen-bond donors (Lipinski definition) is 3. The molecule has 0 bridgehead atoms. The summed E-state index contributed by atoms with van der Waals surface area (Å²) in [6.07, 6.45) is 1.51. The fourth-order valence-corrected chi connectivity index (χ4v) is 2.18. The van der Waals surface area contributed by atoms with Crippen LogP contribution in [0.2, 0.25) is 0 Å². The third kappa shape index (κ3) is 2.56. The number of benzene rings is 1. The molecule has 0 aliphatic carbocycles. The van der Waals surface area contributed by atoms with Gasteiger partial charge in [0.1, 0.15) is 10.6 Å². The van der Waals surface area contributed by atoms with Crippen molar-refractivity contribution in [2.75, 3.05) is 5.73 Å². The molecular weight excluding hydrogens is 270 g/mol. The van der Waals surface area contributed by atoms with E-state index in [9.17, 15) is 13.2 Å². The molecule has 1 aromatic carbocycles. The number of amides is 1. The van der Waals surface area contributed by atoms with Crippen molar-refractivity contribution >= 4 is 21.6 Å². The molecule has 0 saturated carbocycles. The van der Waals surface area contributed by atoms with Crippen LogP contribution < -0.4 is 16.6 Å². The number of nitrogens with two attached hydrogens (primary N) is 3. The molecule has 100 valence electrons. The predicted octanol–water partition coefficient (Wildman–Crippen LogP) is -0.799. The molecule has 9 heteroatoms. The van der Waals surface area contributed by atoms with Gasteiger partial charge in [-0.2, -0.15) is 5.10 Å². The summed E-state index contributed by atoms with van der Waals surface area (Å²) < 4.78 is 23.8. The minimum absolute atomic E-state index is 0.00359. The molecule has 2 aromatic rings. The second-order valence-corrected chi connectivity index (χ2v) is 5.31. The fourth-order valence-electron chi connectivity index (χ4n) is 1.54. The Labute approximate surface area is 108 Å². The number of carbonyl (C=O) groups excluding carboxylic acids is 1. The molecule has 1 amide bonds. The van der Waals surface area contributed by atoms with Crippen molar-refractivity contribution in [3.63, 3.8) is 0 Å². The van der Waals surface area contributed by atoms with Gasteiger partial charge >= 0.3 is 0 Å². The number of nitrogens with zero attached hydrogens (tertiary/aromatic N) is 2. The smallest absolute Gasteiger partial charge is 0.269 e. The van der Waals surface area contributed by atoms with Crippen LogP contribution in [0, 0.1) is 0 Å². The zero-order chi connectivity index (χ0) is 14.2. The van der Waals surface area contributed by atoms with E-state index in [2.05, 4.69) is 5.10 Å². The van der Waals surface area contributed by atoms with Crippen LogP contribution in [0.1, 0.15) is 10.5 Å². The highest BCUT2D eigenvalue weighted by Crippen LogP contribution is 2.20. The van der Waals surface area contributed by atoms with E-state index in [-0.39, 0.29) is 16.3 Å². The van der Waals surface area contributed by atoms with Crippen molar-refractivity contribution in [2.24, 2.45) is 10.9 Å². The standard InChI is InChI=1S/C10H11N5O3S/c11-7-5-6(1-2-9(7)19(13,17)18)15-4-3-8(14-15)10(12)16/h1-5H,11H2,(H2,12,16)(H2,13,17,18). The van der Waals surface area contributed by atoms with Crippen LogP contribution >= 0.6 is 0 Å². The van der Waals surface area contributed by atoms with Gasteiger partial charge in [-0.05, 0) is 24.3 Å². The second-order valence-electron chi connectivity index (χ2n) is 3.78. The van der Waals surface area contributed by atoms with Gasteiger partial charge in [0.25, 0.3) is 5.91 Å². The van der Waals surface area contributed by atoms with E-state index in [1.54, 1.807) is 0 Å². The normalized spacial score (nSPS) is 11.4. The Morgan fingerprint density at radius 3 is 2.42 bits per heavy atom. The third-order valence-corrected chi connectivity index (χ3v) is 3.39. The van der Waals surface area contributed by atoms with Gasteiger partial charge in [0.05, 0.1) is 11.4 Å². The minimum atomic E-state index is -3.87. The zero-order valence-electron chi connectivity index (χ0n) is 9.65. The predicted molar refractivity (Wildman–Crippen MR) is 67.9 cm³/mol.